The Balaban J connectivity index is 0.862. The summed E-state index contributed by atoms with van der Waals surface area (Å²) in [4.78, 5) is 26.0. The second-order valence-electron chi connectivity index (χ2n) is 16.8. The fraction of sp³-hybridized carbons (Fsp3) is 0.650. The van der Waals surface area contributed by atoms with Gasteiger partial charge in [0.15, 0.2) is 0 Å². The minimum atomic E-state index is -3.77. The third-order valence-corrected chi connectivity index (χ3v) is 23.4. The third-order valence-electron chi connectivity index (χ3n) is 13.8. The number of ether oxygens (including phenoxy) is 4. The van der Waals surface area contributed by atoms with Gasteiger partial charge in [-0.25, -0.2) is 0 Å². The monoisotopic (exact) mass is 826 g/mol. The van der Waals surface area contributed by atoms with Crippen LogP contribution in [0.1, 0.15) is 89.2 Å². The molecule has 9 heteroatoms. The van der Waals surface area contributed by atoms with Gasteiger partial charge in [-0.3, -0.25) is 0 Å². The molecule has 0 amide bonds. The summed E-state index contributed by atoms with van der Waals surface area (Å²) in [5, 5.41) is 0. The normalized spacial score (nSPS) is 37.2. The predicted molar refractivity (Wildman–Crippen MR) is 193 cm³/mol. The van der Waals surface area contributed by atoms with Crippen LogP contribution in [0.2, 0.25) is 0 Å². The Morgan fingerprint density at radius 1 is 0.612 bits per heavy atom. The van der Waals surface area contributed by atoms with Crippen LogP contribution in [-0.4, -0.2) is 52.3 Å². The number of carbonyl (C=O) groups excluding carboxylic acids is 2. The first-order valence-corrected chi connectivity index (χ1v) is 26.7. The van der Waals surface area contributed by atoms with E-state index >= 15 is 0 Å². The molecule has 6 nitrogen and oxygen atoms in total. The van der Waals surface area contributed by atoms with Crippen LogP contribution >= 0.6 is 17.9 Å². The maximum atomic E-state index is 13.0. The zero-order valence-corrected chi connectivity index (χ0v) is 33.0. The molecular weight excluding hydrogens is 775 g/mol. The van der Waals surface area contributed by atoms with Crippen molar-refractivity contribution in [2.24, 2.45) is 47.3 Å². The number of hydrogen-bond acceptors (Lipinski definition) is 6. The van der Waals surface area contributed by atoms with Crippen molar-refractivity contribution < 1.29 is 28.5 Å². The third kappa shape index (κ3) is 6.29. The minimum absolute atomic E-state index is 0.119. The van der Waals surface area contributed by atoms with Gasteiger partial charge in [-0.2, -0.15) is 0 Å². The van der Waals surface area contributed by atoms with Crippen LogP contribution in [0, 0.1) is 61.2 Å². The van der Waals surface area contributed by atoms with Crippen molar-refractivity contribution in [2.45, 2.75) is 103 Å². The van der Waals surface area contributed by atoms with Crippen molar-refractivity contribution in [3.05, 3.63) is 47.5 Å². The van der Waals surface area contributed by atoms with Gasteiger partial charge in [0.1, 0.15) is 0 Å². The molecule has 49 heavy (non-hydrogen) atoms. The zero-order chi connectivity index (χ0) is 34.3. The average Bonchev–Trinajstić information content (AvgIpc) is 3.04. The van der Waals surface area contributed by atoms with Gasteiger partial charge in [-0.05, 0) is 12.8 Å². The van der Waals surface area contributed by atoms with Crippen LogP contribution < -0.4 is 16.7 Å². The number of rotatable bonds is 10. The maximum absolute atomic E-state index is 13.0. The molecule has 0 heterocycles. The molecule has 2 aromatic rings. The summed E-state index contributed by atoms with van der Waals surface area (Å²) in [7, 11) is 14.4. The van der Waals surface area contributed by atoms with E-state index in [0.29, 0.717) is 35.2 Å². The van der Waals surface area contributed by atoms with Gasteiger partial charge in [0.2, 0.25) is 0 Å². The van der Waals surface area contributed by atoms with E-state index in [2.05, 4.69) is 13.8 Å². The van der Waals surface area contributed by atoms with Crippen LogP contribution in [0.25, 0.3) is 0 Å². The number of halogens is 2. The fourth-order valence-corrected chi connectivity index (χ4v) is 18.0. The van der Waals surface area contributed by atoms with Crippen molar-refractivity contribution in [2.75, 3.05) is 13.2 Å². The summed E-state index contributed by atoms with van der Waals surface area (Å²) in [5.74, 6) is 5.82. The molecule has 8 saturated carbocycles. The molecule has 0 radical (unpaired) electrons. The van der Waals surface area contributed by atoms with Crippen molar-refractivity contribution in [3.63, 3.8) is 0 Å². The van der Waals surface area contributed by atoms with Gasteiger partial charge in [-0.15, -0.1) is 0 Å². The fourth-order valence-electron chi connectivity index (χ4n) is 11.4. The van der Waals surface area contributed by atoms with E-state index in [1.54, 1.807) is 0 Å². The van der Waals surface area contributed by atoms with Crippen molar-refractivity contribution in [1.82, 2.24) is 0 Å². The summed E-state index contributed by atoms with van der Waals surface area (Å²) >= 11 is -3.77. The molecule has 0 aliphatic heterocycles. The number of hydrogen-bond donors (Lipinski definition) is 0. The van der Waals surface area contributed by atoms with Crippen LogP contribution in [-0.2, 0) is 19.1 Å². The molecule has 8 fully saturated rings. The molecule has 10 rings (SSSR count). The van der Waals surface area contributed by atoms with Gasteiger partial charge in [-0.1, -0.05) is 0 Å². The second kappa shape index (κ2) is 12.8. The number of benzene rings is 2. The molecule has 2 aromatic carbocycles. The van der Waals surface area contributed by atoms with Crippen molar-refractivity contribution in [3.8, 4) is 11.5 Å². The van der Waals surface area contributed by atoms with E-state index in [-0.39, 0.29) is 36.4 Å². The van der Waals surface area contributed by atoms with Crippen LogP contribution in [0.15, 0.2) is 36.4 Å². The molecule has 0 saturated heterocycles. The molecule has 8 aliphatic carbocycles. The molecule has 266 valence electrons. The molecule has 0 aromatic heterocycles. The van der Waals surface area contributed by atoms with Gasteiger partial charge >= 0.3 is 291 Å². The zero-order valence-electron chi connectivity index (χ0n) is 29.2. The van der Waals surface area contributed by atoms with Gasteiger partial charge < -0.3 is 0 Å². The molecule has 0 unspecified atom stereocenters. The number of carbonyl (C=O) groups is 2. The van der Waals surface area contributed by atoms with Crippen LogP contribution in [0.4, 0.5) is 0 Å². The van der Waals surface area contributed by atoms with Gasteiger partial charge in [0, 0.05) is 0 Å². The molecular formula is C40H50Cl2O6Te. The molecule has 0 spiro atoms. The van der Waals surface area contributed by atoms with E-state index in [1.165, 1.54) is 64.2 Å². The molecule has 0 atom stereocenters. The summed E-state index contributed by atoms with van der Waals surface area (Å²) in [6.45, 7) is 7.96. The second-order valence-corrected chi connectivity index (χ2v) is 29.5. The first-order valence-electron chi connectivity index (χ1n) is 18.4. The molecule has 8 bridgehead atoms. The predicted octanol–water partition coefficient (Wildman–Crippen LogP) is 7.61. The van der Waals surface area contributed by atoms with E-state index in [0.717, 1.165) is 42.0 Å². The Morgan fingerprint density at radius 2 is 0.939 bits per heavy atom. The molecule has 0 N–H and O–H groups in total. The Kier molecular flexibility index (Phi) is 8.98. The SMILES string of the molecule is Cc1cc([Te](Cl)(Cl)c2ccc(OCC(=O)OC3(C)C4CC5CC(C4)CC3C5)c(C)c2)ccc1OCC(=O)OC1(C)C2CC3CC(C2)CC1C3. The Morgan fingerprint density at radius 3 is 1.24 bits per heavy atom. The van der Waals surface area contributed by atoms with Crippen molar-refractivity contribution in [1.29, 1.82) is 0 Å². The summed E-state index contributed by atoms with van der Waals surface area (Å²) in [6.07, 6.45) is 12.2. The topological polar surface area (TPSA) is 71.1 Å². The van der Waals surface area contributed by atoms with E-state index in [1.807, 2.05) is 50.2 Å². The van der Waals surface area contributed by atoms with Gasteiger partial charge in [0.25, 0.3) is 0 Å². The Labute approximate surface area is 302 Å². The Hall–Kier alpha value is -1.65. The molecule has 8 aliphatic rings. The first kappa shape index (κ1) is 34.4. The Bertz CT molecular complexity index is 1460. The summed E-state index contributed by atoms with van der Waals surface area (Å²) < 4.78 is 26.1. The quantitative estimate of drug-likeness (QED) is 0.182. The first-order chi connectivity index (χ1) is 23.3. The van der Waals surface area contributed by atoms with Crippen LogP contribution in [0.5, 0.6) is 11.5 Å². The van der Waals surface area contributed by atoms with Gasteiger partial charge in [0.05, 0.1) is 0 Å². The summed E-state index contributed by atoms with van der Waals surface area (Å²) in [6, 6.07) is 11.5. The van der Waals surface area contributed by atoms with E-state index < -0.39 is 15.9 Å². The van der Waals surface area contributed by atoms with E-state index in [9.17, 15) is 9.59 Å². The standard InChI is InChI=1S/C40H50Cl2O6Te/c1-23-9-33(5-7-35(23)45-21-37(43)47-39(3)29-13-25-11-26(15-29)16-30(39)14-25)49(41,42)34-6-8-36(24(2)10-34)46-22-38(44)48-40(4)31-17-27-12-28(19-31)20-32(40)18-27/h5-10,25-32H,11-22H2,1-4H3. The average molecular weight is 825 g/mol. The summed E-state index contributed by atoms with van der Waals surface area (Å²) in [5.41, 5.74) is 0.995. The van der Waals surface area contributed by atoms with Crippen LogP contribution in [0.3, 0.4) is 0 Å². The number of aryl methyl sites for hydroxylation is 2. The van der Waals surface area contributed by atoms with E-state index in [4.69, 9.17) is 36.9 Å². The number of esters is 2. The van der Waals surface area contributed by atoms with Crippen molar-refractivity contribution >= 4 is 53.0 Å².